The van der Waals surface area contributed by atoms with Gasteiger partial charge in [0.05, 0.1) is 0 Å². The lowest BCUT2D eigenvalue weighted by molar-refractivity contribution is 0.707. The van der Waals surface area contributed by atoms with Crippen LogP contribution in [0.5, 0.6) is 0 Å². The SMILES string of the molecule is CCc1cc(NC(c2ccccc2)(c2ccccc2)c2ccccc2)nc2n[nH]nc12. The number of hydrogen-bond acceptors (Lipinski definition) is 4. The van der Waals surface area contributed by atoms with E-state index in [1.165, 1.54) is 0 Å². The lowest BCUT2D eigenvalue weighted by Crippen LogP contribution is -2.38. The second-order valence-electron chi connectivity index (χ2n) is 7.49. The number of fused-ring (bicyclic) bond motifs is 1. The van der Waals surface area contributed by atoms with Crippen molar-refractivity contribution in [2.75, 3.05) is 5.32 Å². The van der Waals surface area contributed by atoms with Gasteiger partial charge < -0.3 is 5.32 Å². The summed E-state index contributed by atoms with van der Waals surface area (Å²) in [5, 5.41) is 15.0. The van der Waals surface area contributed by atoms with Crippen LogP contribution in [-0.4, -0.2) is 20.4 Å². The molecule has 2 heterocycles. The van der Waals surface area contributed by atoms with E-state index in [1.54, 1.807) is 0 Å². The fraction of sp³-hybridized carbons (Fsp3) is 0.115. The summed E-state index contributed by atoms with van der Waals surface area (Å²) in [4.78, 5) is 4.79. The highest BCUT2D eigenvalue weighted by molar-refractivity contribution is 5.76. The van der Waals surface area contributed by atoms with E-state index >= 15 is 0 Å². The normalized spacial score (nSPS) is 11.5. The first-order valence-corrected chi connectivity index (χ1v) is 10.5. The van der Waals surface area contributed by atoms with Gasteiger partial charge in [-0.25, -0.2) is 4.98 Å². The van der Waals surface area contributed by atoms with Crippen molar-refractivity contribution in [2.45, 2.75) is 18.9 Å². The van der Waals surface area contributed by atoms with Gasteiger partial charge in [-0.05, 0) is 34.7 Å². The Hall–Kier alpha value is -3.99. The van der Waals surface area contributed by atoms with Gasteiger partial charge in [0.1, 0.15) is 16.9 Å². The molecular formula is C26H23N5. The van der Waals surface area contributed by atoms with Crippen molar-refractivity contribution in [1.82, 2.24) is 20.4 Å². The average Bonchev–Trinajstić information content (AvgIpc) is 3.32. The third-order valence-electron chi connectivity index (χ3n) is 5.69. The fourth-order valence-corrected chi connectivity index (χ4v) is 4.21. The first-order valence-electron chi connectivity index (χ1n) is 10.5. The van der Waals surface area contributed by atoms with Gasteiger partial charge in [0, 0.05) is 0 Å². The standard InChI is InChI=1S/C26H23N5/c1-2-19-18-23(27-25-24(19)29-31-30-25)28-26(20-12-6-3-7-13-20,21-14-8-4-9-15-21)22-16-10-5-11-17-22/h3-18H,2H2,1H3,(H2,27,28,29,30,31). The van der Waals surface area contributed by atoms with E-state index in [0.717, 1.165) is 40.0 Å². The predicted molar refractivity (Wildman–Crippen MR) is 124 cm³/mol. The molecule has 0 aliphatic rings. The Kier molecular flexibility index (Phi) is 4.92. The van der Waals surface area contributed by atoms with E-state index in [-0.39, 0.29) is 0 Å². The lowest BCUT2D eigenvalue weighted by Gasteiger charge is -2.37. The largest absolute Gasteiger partial charge is 0.353 e. The molecule has 0 atom stereocenters. The van der Waals surface area contributed by atoms with Gasteiger partial charge in [-0.3, -0.25) is 0 Å². The molecule has 0 fully saturated rings. The number of benzene rings is 3. The van der Waals surface area contributed by atoms with E-state index < -0.39 is 5.54 Å². The summed E-state index contributed by atoms with van der Waals surface area (Å²) in [7, 11) is 0. The predicted octanol–water partition coefficient (Wildman–Crippen LogP) is 5.32. The van der Waals surface area contributed by atoms with Crippen LogP contribution in [0.15, 0.2) is 97.1 Å². The molecule has 5 heteroatoms. The smallest absolute Gasteiger partial charge is 0.203 e. The zero-order valence-electron chi connectivity index (χ0n) is 17.3. The van der Waals surface area contributed by atoms with Crippen LogP contribution in [-0.2, 0) is 12.0 Å². The fourth-order valence-electron chi connectivity index (χ4n) is 4.21. The number of rotatable bonds is 6. The van der Waals surface area contributed by atoms with Gasteiger partial charge in [-0.1, -0.05) is 97.9 Å². The molecule has 5 rings (SSSR count). The Morgan fingerprint density at radius 2 is 1.26 bits per heavy atom. The van der Waals surface area contributed by atoms with Crippen molar-refractivity contribution in [3.05, 3.63) is 119 Å². The number of hydrogen-bond donors (Lipinski definition) is 2. The van der Waals surface area contributed by atoms with Crippen molar-refractivity contribution in [3.63, 3.8) is 0 Å². The van der Waals surface area contributed by atoms with E-state index in [4.69, 9.17) is 4.98 Å². The van der Waals surface area contributed by atoms with Crippen molar-refractivity contribution in [1.29, 1.82) is 0 Å². The highest BCUT2D eigenvalue weighted by atomic mass is 15.3. The van der Waals surface area contributed by atoms with E-state index in [0.29, 0.717) is 5.65 Å². The Labute approximate surface area is 181 Å². The topological polar surface area (TPSA) is 66.5 Å². The van der Waals surface area contributed by atoms with Crippen molar-refractivity contribution >= 4 is 17.0 Å². The third-order valence-corrected chi connectivity index (χ3v) is 5.69. The number of aromatic amines is 1. The number of pyridine rings is 1. The molecular weight excluding hydrogens is 382 g/mol. The number of nitrogens with zero attached hydrogens (tertiary/aromatic N) is 3. The van der Waals surface area contributed by atoms with Crippen LogP contribution in [0.3, 0.4) is 0 Å². The second-order valence-corrected chi connectivity index (χ2v) is 7.49. The molecule has 0 bridgehead atoms. The van der Waals surface area contributed by atoms with Gasteiger partial charge in [0.2, 0.25) is 5.65 Å². The highest BCUT2D eigenvalue weighted by Gasteiger charge is 2.36. The van der Waals surface area contributed by atoms with Crippen LogP contribution in [0, 0.1) is 0 Å². The van der Waals surface area contributed by atoms with Crippen LogP contribution in [0.4, 0.5) is 5.82 Å². The first kappa shape index (κ1) is 19.0. The Morgan fingerprint density at radius 1 is 0.742 bits per heavy atom. The highest BCUT2D eigenvalue weighted by Crippen LogP contribution is 2.40. The summed E-state index contributed by atoms with van der Waals surface area (Å²) >= 11 is 0. The third kappa shape index (κ3) is 3.34. The zero-order chi connectivity index (χ0) is 21.1. The van der Waals surface area contributed by atoms with Crippen molar-refractivity contribution in [3.8, 4) is 0 Å². The number of H-pyrrole nitrogens is 1. The summed E-state index contributed by atoms with van der Waals surface area (Å²) in [6.45, 7) is 2.12. The van der Waals surface area contributed by atoms with Gasteiger partial charge in [0.15, 0.2) is 0 Å². The summed E-state index contributed by atoms with van der Waals surface area (Å²) in [6.07, 6.45) is 0.843. The van der Waals surface area contributed by atoms with Crippen LogP contribution >= 0.6 is 0 Å². The molecule has 0 saturated carbocycles. The quantitative estimate of drug-likeness (QED) is 0.375. The van der Waals surface area contributed by atoms with Gasteiger partial charge in [0.25, 0.3) is 0 Å². The molecule has 0 aliphatic carbocycles. The Morgan fingerprint density at radius 3 is 1.74 bits per heavy atom. The summed E-state index contributed by atoms with van der Waals surface area (Å²) in [5.41, 5.74) is 5.30. The lowest BCUT2D eigenvalue weighted by atomic mass is 9.77. The molecule has 5 nitrogen and oxygen atoms in total. The van der Waals surface area contributed by atoms with E-state index in [9.17, 15) is 0 Å². The molecule has 0 unspecified atom stereocenters. The maximum Gasteiger partial charge on any atom is 0.203 e. The molecule has 0 spiro atoms. The molecule has 3 aromatic carbocycles. The van der Waals surface area contributed by atoms with E-state index in [2.05, 4.69) is 107 Å². The van der Waals surface area contributed by atoms with Crippen molar-refractivity contribution < 1.29 is 0 Å². The van der Waals surface area contributed by atoms with Gasteiger partial charge in [-0.15, -0.1) is 5.10 Å². The minimum atomic E-state index is -0.626. The Balaban J connectivity index is 1.78. The molecule has 0 radical (unpaired) electrons. The number of nitrogens with one attached hydrogen (secondary N) is 2. The van der Waals surface area contributed by atoms with Crippen LogP contribution in [0.2, 0.25) is 0 Å². The van der Waals surface area contributed by atoms with Crippen LogP contribution in [0.25, 0.3) is 11.2 Å². The molecule has 2 N–H and O–H groups in total. The number of anilines is 1. The molecule has 0 saturated heterocycles. The average molecular weight is 406 g/mol. The molecule has 0 aliphatic heterocycles. The van der Waals surface area contributed by atoms with Crippen molar-refractivity contribution in [2.24, 2.45) is 0 Å². The molecule has 31 heavy (non-hydrogen) atoms. The Bertz CT molecular complexity index is 1180. The van der Waals surface area contributed by atoms with E-state index in [1.807, 2.05) is 18.2 Å². The number of aromatic nitrogens is 4. The molecule has 5 aromatic rings. The zero-order valence-corrected chi connectivity index (χ0v) is 17.3. The number of aryl methyl sites for hydroxylation is 1. The molecule has 2 aromatic heterocycles. The maximum atomic E-state index is 4.79. The monoisotopic (exact) mass is 405 g/mol. The van der Waals surface area contributed by atoms with Crippen LogP contribution in [0.1, 0.15) is 29.2 Å². The molecule has 0 amide bonds. The van der Waals surface area contributed by atoms with Crippen LogP contribution < -0.4 is 5.32 Å². The maximum absolute atomic E-state index is 4.79. The minimum absolute atomic E-state index is 0.616. The minimum Gasteiger partial charge on any atom is -0.353 e. The van der Waals surface area contributed by atoms with Gasteiger partial charge >= 0.3 is 0 Å². The van der Waals surface area contributed by atoms with Gasteiger partial charge in [-0.2, -0.15) is 10.3 Å². The summed E-state index contributed by atoms with van der Waals surface area (Å²) in [5.74, 6) is 0.759. The summed E-state index contributed by atoms with van der Waals surface area (Å²) in [6, 6.07) is 33.6. The molecule has 152 valence electrons. The first-order chi connectivity index (χ1) is 15.3. The second kappa shape index (κ2) is 8.03. The summed E-state index contributed by atoms with van der Waals surface area (Å²) < 4.78 is 0.